The van der Waals surface area contributed by atoms with E-state index in [9.17, 15) is 19.2 Å². The number of imide groups is 1. The first-order valence-electron chi connectivity index (χ1n) is 12.8. The number of rotatable bonds is 5. The van der Waals surface area contributed by atoms with Gasteiger partial charge in [-0.2, -0.15) is 0 Å². The quantitative estimate of drug-likeness (QED) is 0.187. The molecule has 0 N–H and O–H groups in total. The van der Waals surface area contributed by atoms with Gasteiger partial charge in [0.15, 0.2) is 6.10 Å². The number of aryl methyl sites for hydroxylation is 1. The highest BCUT2D eigenvalue weighted by Gasteiger charge is 2.73. The summed E-state index contributed by atoms with van der Waals surface area (Å²) in [6.07, 6.45) is -1.11. The number of ether oxygens (including phenoxy) is 1. The Morgan fingerprint density at radius 1 is 0.769 bits per heavy atom. The largest absolute Gasteiger partial charge is 0.453 e. The fraction of sp³-hybridized carbons (Fsp3) is 0.290. The number of benzene rings is 3. The first kappa shape index (κ1) is 25.8. The van der Waals surface area contributed by atoms with Gasteiger partial charge in [-0.1, -0.05) is 78.4 Å². The van der Waals surface area contributed by atoms with E-state index in [0.29, 0.717) is 27.8 Å². The van der Waals surface area contributed by atoms with Crippen molar-refractivity contribution < 1.29 is 23.9 Å². The zero-order chi connectivity index (χ0) is 27.9. The van der Waals surface area contributed by atoms with Crippen molar-refractivity contribution in [2.45, 2.75) is 42.7 Å². The monoisotopic (exact) mass is 561 g/mol. The van der Waals surface area contributed by atoms with Gasteiger partial charge in [0.05, 0.1) is 11.8 Å². The van der Waals surface area contributed by atoms with Crippen LogP contribution in [-0.2, 0) is 28.9 Å². The van der Waals surface area contributed by atoms with Gasteiger partial charge in [-0.05, 0) is 43.0 Å². The molecule has 8 heteroatoms. The summed E-state index contributed by atoms with van der Waals surface area (Å²) in [7, 11) is 0. The molecule has 7 rings (SSSR count). The van der Waals surface area contributed by atoms with Gasteiger partial charge in [0.1, 0.15) is 15.8 Å². The van der Waals surface area contributed by atoms with Crippen LogP contribution in [0.1, 0.15) is 52.0 Å². The Kier molecular flexibility index (Phi) is 5.79. The van der Waals surface area contributed by atoms with E-state index in [4.69, 9.17) is 27.9 Å². The second kappa shape index (κ2) is 8.77. The highest BCUT2D eigenvalue weighted by molar-refractivity contribution is 6.36. The molecule has 4 aliphatic rings. The number of hydrogen-bond acceptors (Lipinski definition) is 5. The molecule has 3 aromatic rings. The van der Waals surface area contributed by atoms with Gasteiger partial charge in [-0.3, -0.25) is 19.3 Å². The number of Topliss-reactive ketones (excluding diaryl/α,β-unsaturated/α-hetero) is 1. The van der Waals surface area contributed by atoms with Crippen molar-refractivity contribution in [2.75, 3.05) is 0 Å². The summed E-state index contributed by atoms with van der Waals surface area (Å²) in [6, 6.07) is 20.3. The molecule has 2 bridgehead atoms. The van der Waals surface area contributed by atoms with Gasteiger partial charge in [0.25, 0.3) is 0 Å². The van der Waals surface area contributed by atoms with Crippen LogP contribution in [0.4, 0.5) is 0 Å². The van der Waals surface area contributed by atoms with E-state index in [0.717, 1.165) is 10.5 Å². The molecule has 1 saturated heterocycles. The molecule has 0 spiro atoms. The van der Waals surface area contributed by atoms with Crippen LogP contribution in [0.2, 0.25) is 0 Å². The highest BCUT2D eigenvalue weighted by Crippen LogP contribution is 2.69. The fourth-order valence-corrected chi connectivity index (χ4v) is 7.55. The predicted octanol–water partition coefficient (Wildman–Crippen LogP) is 5.09. The molecule has 3 aliphatic carbocycles. The van der Waals surface area contributed by atoms with Gasteiger partial charge >= 0.3 is 5.97 Å². The Labute approximate surface area is 235 Å². The number of esters is 1. The van der Waals surface area contributed by atoms with Crippen LogP contribution in [0.15, 0.2) is 72.8 Å². The molecule has 1 aliphatic heterocycles. The molecule has 198 valence electrons. The van der Waals surface area contributed by atoms with E-state index in [2.05, 4.69) is 0 Å². The average molecular weight is 562 g/mol. The summed E-state index contributed by atoms with van der Waals surface area (Å²) in [5, 5.41) is 0. The van der Waals surface area contributed by atoms with Gasteiger partial charge in [0.2, 0.25) is 17.6 Å². The second-order valence-corrected chi connectivity index (χ2v) is 11.7. The van der Waals surface area contributed by atoms with Crippen LogP contribution < -0.4 is 0 Å². The molecule has 1 heterocycles. The molecular formula is C31H25Cl2NO5. The van der Waals surface area contributed by atoms with Gasteiger partial charge in [0, 0.05) is 5.56 Å². The Morgan fingerprint density at radius 3 is 1.59 bits per heavy atom. The van der Waals surface area contributed by atoms with Crippen LogP contribution in [0, 0.1) is 18.8 Å². The third-order valence-corrected chi connectivity index (χ3v) is 9.63. The molecule has 4 atom stereocenters. The van der Waals surface area contributed by atoms with E-state index >= 15 is 0 Å². The van der Waals surface area contributed by atoms with E-state index in [1.54, 1.807) is 24.3 Å². The maximum Gasteiger partial charge on any atom is 0.329 e. The Hall–Kier alpha value is -3.48. The Morgan fingerprint density at radius 2 is 1.18 bits per heavy atom. The maximum atomic E-state index is 14.0. The number of halogens is 2. The van der Waals surface area contributed by atoms with Crippen LogP contribution >= 0.6 is 23.2 Å². The lowest BCUT2D eigenvalue weighted by atomic mass is 9.54. The molecule has 1 fully saturated rings. The zero-order valence-electron chi connectivity index (χ0n) is 21.5. The molecule has 0 aromatic heterocycles. The van der Waals surface area contributed by atoms with Crippen LogP contribution in [0.25, 0.3) is 0 Å². The first-order chi connectivity index (χ1) is 18.5. The third-order valence-electron chi connectivity index (χ3n) is 8.35. The minimum atomic E-state index is -1.34. The minimum absolute atomic E-state index is 0.383. The van der Waals surface area contributed by atoms with Crippen LogP contribution in [-0.4, -0.2) is 40.6 Å². The summed E-state index contributed by atoms with van der Waals surface area (Å²) < 4.78 is 5.46. The SMILES string of the molecule is Cc1ccc(C(=O)[C@H](C)OC(=O)[C@H](C)N2C(=O)[C@@H]3[C@@H](C2=O)C2(Cl)c4ccccc4C3(Cl)c3ccccc32)cc1. The highest BCUT2D eigenvalue weighted by atomic mass is 35.5. The molecule has 6 nitrogen and oxygen atoms in total. The average Bonchev–Trinajstić information content (AvgIpc) is 3.22. The fourth-order valence-electron chi connectivity index (χ4n) is 6.45. The van der Waals surface area contributed by atoms with E-state index < -0.39 is 51.5 Å². The number of nitrogens with zero attached hydrogens (tertiary/aromatic N) is 1. The smallest absolute Gasteiger partial charge is 0.329 e. The summed E-state index contributed by atoms with van der Waals surface area (Å²) >= 11 is 14.8. The number of alkyl halides is 2. The van der Waals surface area contributed by atoms with Crippen molar-refractivity contribution in [2.24, 2.45) is 11.8 Å². The Balaban J connectivity index is 1.34. The lowest BCUT2D eigenvalue weighted by molar-refractivity contribution is -0.159. The zero-order valence-corrected chi connectivity index (χ0v) is 23.0. The second-order valence-electron chi connectivity index (χ2n) is 10.5. The molecular weight excluding hydrogens is 537 g/mol. The van der Waals surface area contributed by atoms with Gasteiger partial charge in [-0.25, -0.2) is 4.79 Å². The topological polar surface area (TPSA) is 80.8 Å². The van der Waals surface area contributed by atoms with Crippen LogP contribution in [0.5, 0.6) is 0 Å². The van der Waals surface area contributed by atoms with Crippen molar-refractivity contribution >= 4 is 46.8 Å². The van der Waals surface area contributed by atoms with E-state index in [1.165, 1.54) is 13.8 Å². The van der Waals surface area contributed by atoms with E-state index in [-0.39, 0.29) is 5.78 Å². The Bertz CT molecular complexity index is 1440. The molecule has 2 amide bonds. The number of likely N-dealkylation sites (tertiary alicyclic amines) is 1. The molecule has 0 radical (unpaired) electrons. The first-order valence-corrected chi connectivity index (χ1v) is 13.5. The standard InChI is InChI=1S/C31H25Cl2NO5/c1-16-12-14-19(15-13-16)26(35)18(3)39-29(38)17(2)34-27(36)24-25(28(34)37)31(33)21-9-5-4-8-20(21)30(24,32)22-10-6-7-11-23(22)31/h4-15,17-18,24-25H,1-3H3/t17-,18-,24-,25-,30?,31?/m0/s1. The summed E-state index contributed by atoms with van der Waals surface area (Å²) in [5.74, 6) is -4.46. The van der Waals surface area contributed by atoms with Crippen molar-refractivity contribution in [1.82, 2.24) is 4.90 Å². The number of carbonyl (C=O) groups is 4. The van der Waals surface area contributed by atoms with Crippen LogP contribution in [0.3, 0.4) is 0 Å². The van der Waals surface area contributed by atoms with Crippen molar-refractivity contribution in [3.05, 3.63) is 106 Å². The number of ketones is 1. The summed E-state index contributed by atoms with van der Waals surface area (Å²) in [4.78, 5) is 52.3. The molecule has 0 saturated carbocycles. The predicted molar refractivity (Wildman–Crippen MR) is 146 cm³/mol. The lowest BCUT2D eigenvalue weighted by Gasteiger charge is -2.54. The lowest BCUT2D eigenvalue weighted by Crippen LogP contribution is -2.57. The number of amides is 2. The molecule has 0 unspecified atom stereocenters. The summed E-state index contributed by atoms with van der Waals surface area (Å²) in [6.45, 7) is 4.79. The van der Waals surface area contributed by atoms with Crippen molar-refractivity contribution in [3.8, 4) is 0 Å². The van der Waals surface area contributed by atoms with Crippen molar-refractivity contribution in [3.63, 3.8) is 0 Å². The maximum absolute atomic E-state index is 14.0. The van der Waals surface area contributed by atoms with Gasteiger partial charge < -0.3 is 4.74 Å². The molecule has 3 aromatic carbocycles. The normalized spacial score (nSPS) is 27.9. The molecule has 39 heavy (non-hydrogen) atoms. The minimum Gasteiger partial charge on any atom is -0.453 e. The van der Waals surface area contributed by atoms with E-state index in [1.807, 2.05) is 55.5 Å². The third kappa shape index (κ3) is 3.34. The van der Waals surface area contributed by atoms with Crippen molar-refractivity contribution in [1.29, 1.82) is 0 Å². The number of carbonyl (C=O) groups excluding carboxylic acids is 4. The van der Waals surface area contributed by atoms with Gasteiger partial charge in [-0.15, -0.1) is 23.2 Å². The number of hydrogen-bond donors (Lipinski definition) is 0. The summed E-state index contributed by atoms with van der Waals surface area (Å²) in [5.41, 5.74) is 4.10.